The van der Waals surface area contributed by atoms with Crippen molar-refractivity contribution in [3.8, 4) is 0 Å². The van der Waals surface area contributed by atoms with E-state index in [4.69, 9.17) is 34.2 Å². The van der Waals surface area contributed by atoms with Gasteiger partial charge in [0.25, 0.3) is 0 Å². The Morgan fingerprint density at radius 3 is 1.55 bits per heavy atom. The van der Waals surface area contributed by atoms with E-state index in [2.05, 4.69) is 0 Å². The highest BCUT2D eigenvalue weighted by Crippen LogP contribution is 2.31. The molecule has 6 N–H and O–H groups in total. The molecule has 238 valence electrons. The minimum atomic E-state index is -1.40. The molecule has 0 amide bonds. The lowest BCUT2D eigenvalue weighted by Gasteiger charge is -2.45. The van der Waals surface area contributed by atoms with Crippen LogP contribution in [0, 0.1) is 0 Å². The summed E-state index contributed by atoms with van der Waals surface area (Å²) in [6.07, 6.45) is -9.78. The van der Waals surface area contributed by atoms with Crippen LogP contribution >= 0.6 is 0 Å². The zero-order valence-corrected chi connectivity index (χ0v) is 24.3. The summed E-state index contributed by atoms with van der Waals surface area (Å²) >= 11 is 0. The Labute approximate surface area is 256 Å². The Kier molecular flexibility index (Phi) is 11.8. The molecule has 2 aliphatic heterocycles. The van der Waals surface area contributed by atoms with Crippen molar-refractivity contribution in [2.45, 2.75) is 81.2 Å². The number of nitrogens with two attached hydrogens (primary N) is 1. The second kappa shape index (κ2) is 16.0. The number of rotatable bonds is 13. The van der Waals surface area contributed by atoms with Crippen LogP contribution < -0.4 is 5.73 Å². The Morgan fingerprint density at radius 2 is 1.05 bits per heavy atom. The summed E-state index contributed by atoms with van der Waals surface area (Å²) in [6, 6.07) is 27.7. The smallest absolute Gasteiger partial charge is 0.184 e. The third kappa shape index (κ3) is 8.27. The molecule has 2 saturated heterocycles. The number of aliphatic hydroxyl groups is 4. The maximum absolute atomic E-state index is 11.2. The normalized spacial score (nSPS) is 32.4. The molecular weight excluding hydrogens is 570 g/mol. The van der Waals surface area contributed by atoms with E-state index in [0.29, 0.717) is 0 Å². The van der Waals surface area contributed by atoms with Gasteiger partial charge in [-0.2, -0.15) is 0 Å². The number of ether oxygens (including phenoxy) is 6. The summed E-state index contributed by atoms with van der Waals surface area (Å²) in [5, 5.41) is 41.4. The van der Waals surface area contributed by atoms with E-state index in [9.17, 15) is 20.4 Å². The molecule has 0 saturated carbocycles. The van der Waals surface area contributed by atoms with Gasteiger partial charge in [-0.25, -0.2) is 0 Å². The Morgan fingerprint density at radius 1 is 0.568 bits per heavy atom. The fourth-order valence-electron chi connectivity index (χ4n) is 5.34. The molecule has 0 bridgehead atoms. The molecule has 2 heterocycles. The average Bonchev–Trinajstić information content (AvgIpc) is 3.06. The first-order valence-corrected chi connectivity index (χ1v) is 14.7. The lowest BCUT2D eigenvalue weighted by atomic mass is 9.97. The molecule has 10 atom stereocenters. The highest BCUT2D eigenvalue weighted by atomic mass is 16.7. The lowest BCUT2D eigenvalue weighted by Crippen LogP contribution is -2.64. The molecule has 0 spiro atoms. The van der Waals surface area contributed by atoms with Crippen molar-refractivity contribution in [1.82, 2.24) is 0 Å². The minimum absolute atomic E-state index is 0.174. The molecule has 5 rings (SSSR count). The SMILES string of the molecule is N[C@H]1[C@H](OC[C@H]2O[C@H](O)[C@H](OCc3ccccc3)[C@@H](OCc3ccccc3)[C@@H]2OCc2ccccc2)O[C@H](CO)[C@@H](O)[C@@H]1O. The van der Waals surface area contributed by atoms with Crippen LogP contribution in [0.3, 0.4) is 0 Å². The molecule has 0 unspecified atom stereocenters. The predicted molar refractivity (Wildman–Crippen MR) is 158 cm³/mol. The van der Waals surface area contributed by atoms with Gasteiger partial charge < -0.3 is 54.6 Å². The van der Waals surface area contributed by atoms with Crippen molar-refractivity contribution in [1.29, 1.82) is 0 Å². The monoisotopic (exact) mass is 611 g/mol. The summed E-state index contributed by atoms with van der Waals surface area (Å²) in [6.45, 7) is -0.0676. The number of hydrogen-bond donors (Lipinski definition) is 5. The van der Waals surface area contributed by atoms with E-state index in [1.807, 2.05) is 91.0 Å². The van der Waals surface area contributed by atoms with Gasteiger partial charge >= 0.3 is 0 Å². The first-order chi connectivity index (χ1) is 21.4. The molecule has 11 nitrogen and oxygen atoms in total. The Hall–Kier alpha value is -2.78. The average molecular weight is 612 g/mol. The summed E-state index contributed by atoms with van der Waals surface area (Å²) < 4.78 is 36.7. The van der Waals surface area contributed by atoms with Gasteiger partial charge in [-0.05, 0) is 16.7 Å². The fraction of sp³-hybridized carbons (Fsp3) is 0.455. The summed E-state index contributed by atoms with van der Waals surface area (Å²) in [4.78, 5) is 0. The molecule has 0 aromatic heterocycles. The Balaban J connectivity index is 1.38. The first kappa shape index (κ1) is 32.6. The van der Waals surface area contributed by atoms with Gasteiger partial charge in [-0.15, -0.1) is 0 Å². The number of benzene rings is 3. The van der Waals surface area contributed by atoms with Crippen LogP contribution in [0.15, 0.2) is 91.0 Å². The minimum Gasteiger partial charge on any atom is -0.394 e. The molecule has 11 heteroatoms. The third-order valence-electron chi connectivity index (χ3n) is 7.82. The van der Waals surface area contributed by atoms with E-state index < -0.39 is 68.0 Å². The van der Waals surface area contributed by atoms with Gasteiger partial charge in [0.1, 0.15) is 42.7 Å². The van der Waals surface area contributed by atoms with E-state index in [0.717, 1.165) is 16.7 Å². The zero-order chi connectivity index (χ0) is 30.9. The highest BCUT2D eigenvalue weighted by Gasteiger charge is 2.49. The molecule has 0 radical (unpaired) electrons. The van der Waals surface area contributed by atoms with E-state index in [1.165, 1.54) is 0 Å². The molecule has 2 aliphatic rings. The van der Waals surface area contributed by atoms with Crippen LogP contribution in [0.2, 0.25) is 0 Å². The Bertz CT molecular complexity index is 1240. The van der Waals surface area contributed by atoms with Crippen LogP contribution in [-0.4, -0.2) is 95.0 Å². The maximum atomic E-state index is 11.2. The fourth-order valence-corrected chi connectivity index (χ4v) is 5.34. The van der Waals surface area contributed by atoms with Gasteiger partial charge in [-0.1, -0.05) is 91.0 Å². The lowest BCUT2D eigenvalue weighted by molar-refractivity contribution is -0.329. The zero-order valence-electron chi connectivity index (χ0n) is 24.3. The van der Waals surface area contributed by atoms with Crippen molar-refractivity contribution in [2.75, 3.05) is 13.2 Å². The van der Waals surface area contributed by atoms with Crippen LogP contribution in [0.1, 0.15) is 16.7 Å². The van der Waals surface area contributed by atoms with Crippen molar-refractivity contribution in [3.05, 3.63) is 108 Å². The third-order valence-corrected chi connectivity index (χ3v) is 7.82. The highest BCUT2D eigenvalue weighted by molar-refractivity contribution is 5.15. The largest absolute Gasteiger partial charge is 0.394 e. The molecule has 3 aromatic rings. The van der Waals surface area contributed by atoms with E-state index in [-0.39, 0.29) is 26.4 Å². The summed E-state index contributed by atoms with van der Waals surface area (Å²) in [5.74, 6) is 0. The molecule has 2 fully saturated rings. The van der Waals surface area contributed by atoms with Gasteiger partial charge in [0.05, 0.1) is 39.1 Å². The van der Waals surface area contributed by atoms with Gasteiger partial charge in [-0.3, -0.25) is 0 Å². The standard InChI is InChI=1S/C33H41NO10/c34-26-28(37)27(36)24(16-35)44-33(26)42-20-25-29(39-17-21-10-4-1-5-11-21)30(40-18-22-12-6-2-7-13-22)31(32(38)43-25)41-19-23-14-8-3-9-15-23/h1-15,24-33,35-38H,16-20,34H2/t24-,25-,26-,27-,28-,29-,30+,31-,32+,33-/m1/s1. The van der Waals surface area contributed by atoms with Crippen molar-refractivity contribution in [2.24, 2.45) is 5.73 Å². The number of hydrogen-bond acceptors (Lipinski definition) is 11. The quantitative estimate of drug-likeness (QED) is 0.189. The van der Waals surface area contributed by atoms with Gasteiger partial charge in [0, 0.05) is 0 Å². The van der Waals surface area contributed by atoms with E-state index >= 15 is 0 Å². The molecule has 3 aromatic carbocycles. The molecule has 44 heavy (non-hydrogen) atoms. The van der Waals surface area contributed by atoms with Crippen LogP contribution in [0.4, 0.5) is 0 Å². The first-order valence-electron chi connectivity index (χ1n) is 14.7. The van der Waals surface area contributed by atoms with E-state index in [1.54, 1.807) is 0 Å². The van der Waals surface area contributed by atoms with Crippen LogP contribution in [-0.2, 0) is 48.2 Å². The summed E-state index contributed by atoms with van der Waals surface area (Å²) in [5.41, 5.74) is 8.85. The van der Waals surface area contributed by atoms with Crippen LogP contribution in [0.25, 0.3) is 0 Å². The second-order valence-corrected chi connectivity index (χ2v) is 11.0. The van der Waals surface area contributed by atoms with Crippen molar-refractivity contribution in [3.63, 3.8) is 0 Å². The maximum Gasteiger partial charge on any atom is 0.184 e. The van der Waals surface area contributed by atoms with Crippen LogP contribution in [0.5, 0.6) is 0 Å². The number of aliphatic hydroxyl groups excluding tert-OH is 4. The predicted octanol–water partition coefficient (Wildman–Crippen LogP) is 1.24. The topological polar surface area (TPSA) is 162 Å². The van der Waals surface area contributed by atoms with Gasteiger partial charge in [0.15, 0.2) is 12.6 Å². The van der Waals surface area contributed by atoms with Crippen molar-refractivity contribution >= 4 is 0 Å². The second-order valence-electron chi connectivity index (χ2n) is 11.0. The molecular formula is C33H41NO10. The summed E-state index contributed by atoms with van der Waals surface area (Å²) in [7, 11) is 0. The van der Waals surface area contributed by atoms with Gasteiger partial charge in [0.2, 0.25) is 0 Å². The molecule has 0 aliphatic carbocycles. The van der Waals surface area contributed by atoms with Crippen molar-refractivity contribution < 1.29 is 48.8 Å².